The second-order valence-electron chi connectivity index (χ2n) is 5.09. The number of carbonyl (C=O) groups is 2. The fraction of sp³-hybridized carbons (Fsp3) is 0.615. The van der Waals surface area contributed by atoms with Crippen LogP contribution in [0, 0.1) is 11.8 Å². The molecule has 1 amide bonds. The summed E-state index contributed by atoms with van der Waals surface area (Å²) in [5.74, 6) is -0.386. The first-order valence-electron chi connectivity index (χ1n) is 6.60. The Hall–Kier alpha value is -1.85. The third kappa shape index (κ3) is 3.33. The number of hydrogen-bond donors (Lipinski definition) is 3. The molecule has 1 atom stereocenters. The molecule has 0 radical (unpaired) electrons. The molecule has 0 spiro atoms. The Bertz CT molecular complexity index is 436. The van der Waals surface area contributed by atoms with Crippen LogP contribution >= 0.6 is 0 Å². The zero-order valence-electron chi connectivity index (χ0n) is 10.9. The van der Waals surface area contributed by atoms with E-state index in [0.717, 1.165) is 5.82 Å². The maximum atomic E-state index is 12.1. The number of hydrogen-bond acceptors (Lipinski definition) is 3. The van der Waals surface area contributed by atoms with Crippen molar-refractivity contribution < 1.29 is 14.7 Å². The van der Waals surface area contributed by atoms with Gasteiger partial charge in [-0.3, -0.25) is 9.59 Å². The van der Waals surface area contributed by atoms with Gasteiger partial charge in [-0.25, -0.2) is 4.98 Å². The van der Waals surface area contributed by atoms with Crippen LogP contribution in [-0.2, 0) is 9.59 Å². The Morgan fingerprint density at radius 1 is 1.37 bits per heavy atom. The van der Waals surface area contributed by atoms with Crippen molar-refractivity contribution in [1.82, 2.24) is 15.3 Å². The summed E-state index contributed by atoms with van der Waals surface area (Å²) in [5, 5.41) is 11.8. The summed E-state index contributed by atoms with van der Waals surface area (Å²) in [7, 11) is 0. The van der Waals surface area contributed by atoms with Gasteiger partial charge in [0.2, 0.25) is 5.91 Å². The first-order chi connectivity index (χ1) is 9.08. The Morgan fingerprint density at radius 2 is 2.00 bits per heavy atom. The van der Waals surface area contributed by atoms with E-state index in [1.807, 2.05) is 6.92 Å². The number of nitrogens with zero attached hydrogens (tertiary/aromatic N) is 1. The zero-order valence-corrected chi connectivity index (χ0v) is 10.9. The van der Waals surface area contributed by atoms with Gasteiger partial charge in [0.1, 0.15) is 5.82 Å². The van der Waals surface area contributed by atoms with Crippen molar-refractivity contribution in [2.45, 2.75) is 38.6 Å². The number of amides is 1. The summed E-state index contributed by atoms with van der Waals surface area (Å²) in [4.78, 5) is 30.0. The van der Waals surface area contributed by atoms with Crippen LogP contribution in [0.25, 0.3) is 0 Å². The summed E-state index contributed by atoms with van der Waals surface area (Å²) in [6.45, 7) is 1.87. The number of carboxylic acids is 1. The number of nitrogens with one attached hydrogen (secondary N) is 2. The molecule has 1 aliphatic carbocycles. The van der Waals surface area contributed by atoms with E-state index in [4.69, 9.17) is 5.11 Å². The van der Waals surface area contributed by atoms with Gasteiger partial charge in [0.25, 0.3) is 0 Å². The van der Waals surface area contributed by atoms with E-state index in [-0.39, 0.29) is 23.8 Å². The molecule has 19 heavy (non-hydrogen) atoms. The molecule has 0 bridgehead atoms. The molecule has 1 aromatic rings. The van der Waals surface area contributed by atoms with Crippen LogP contribution in [0.2, 0.25) is 0 Å². The van der Waals surface area contributed by atoms with E-state index in [0.29, 0.717) is 25.7 Å². The minimum absolute atomic E-state index is 0.00672. The molecule has 104 valence electrons. The highest BCUT2D eigenvalue weighted by Crippen LogP contribution is 2.29. The van der Waals surface area contributed by atoms with Gasteiger partial charge in [-0.1, -0.05) is 0 Å². The molecule has 6 nitrogen and oxygen atoms in total. The average Bonchev–Trinajstić information content (AvgIpc) is 2.92. The molecule has 1 aliphatic rings. The Balaban J connectivity index is 1.83. The molecule has 0 saturated heterocycles. The summed E-state index contributed by atoms with van der Waals surface area (Å²) >= 11 is 0. The largest absolute Gasteiger partial charge is 0.481 e. The fourth-order valence-corrected chi connectivity index (χ4v) is 2.52. The van der Waals surface area contributed by atoms with Crippen LogP contribution in [-0.4, -0.2) is 27.0 Å². The highest BCUT2D eigenvalue weighted by atomic mass is 16.4. The average molecular weight is 265 g/mol. The van der Waals surface area contributed by atoms with E-state index in [9.17, 15) is 9.59 Å². The summed E-state index contributed by atoms with van der Waals surface area (Å²) in [6, 6.07) is -0.153. The topological polar surface area (TPSA) is 95.1 Å². The molecule has 0 aliphatic heterocycles. The van der Waals surface area contributed by atoms with Gasteiger partial charge >= 0.3 is 5.97 Å². The Kier molecular flexibility index (Phi) is 4.19. The molecular weight excluding hydrogens is 246 g/mol. The molecule has 1 fully saturated rings. The number of carbonyl (C=O) groups excluding carboxylic acids is 1. The third-order valence-corrected chi connectivity index (χ3v) is 3.74. The lowest BCUT2D eigenvalue weighted by Crippen LogP contribution is -2.36. The van der Waals surface area contributed by atoms with Crippen molar-refractivity contribution in [1.29, 1.82) is 0 Å². The number of aliphatic carboxylic acids is 1. The molecule has 1 unspecified atom stereocenters. The van der Waals surface area contributed by atoms with Crippen molar-refractivity contribution in [3.8, 4) is 0 Å². The summed E-state index contributed by atoms with van der Waals surface area (Å²) < 4.78 is 0. The number of aromatic nitrogens is 2. The number of rotatable bonds is 4. The van der Waals surface area contributed by atoms with Gasteiger partial charge in [-0.15, -0.1) is 0 Å². The standard InChI is InChI=1S/C13H19N3O3/c1-8(11-14-6-7-15-11)16-12(17)9-2-4-10(5-3-9)13(18)19/h6-10H,2-5H2,1H3,(H,14,15)(H,16,17)(H,18,19). The van der Waals surface area contributed by atoms with Crippen molar-refractivity contribution >= 4 is 11.9 Å². The molecule has 2 rings (SSSR count). The van der Waals surface area contributed by atoms with Crippen LogP contribution in [0.1, 0.15) is 44.5 Å². The molecule has 0 aromatic carbocycles. The normalized spacial score (nSPS) is 24.7. The Labute approximate surface area is 111 Å². The predicted octanol–water partition coefficient (Wildman–Crippen LogP) is 1.48. The number of H-pyrrole nitrogens is 1. The molecule has 1 aromatic heterocycles. The monoisotopic (exact) mass is 265 g/mol. The smallest absolute Gasteiger partial charge is 0.306 e. The fourth-order valence-electron chi connectivity index (χ4n) is 2.52. The summed E-state index contributed by atoms with van der Waals surface area (Å²) in [5.41, 5.74) is 0. The lowest BCUT2D eigenvalue weighted by molar-refractivity contribution is -0.144. The first-order valence-corrected chi connectivity index (χ1v) is 6.60. The second kappa shape index (κ2) is 5.86. The van der Waals surface area contributed by atoms with Crippen molar-refractivity contribution in [2.75, 3.05) is 0 Å². The minimum atomic E-state index is -0.747. The van der Waals surface area contributed by atoms with Crippen molar-refractivity contribution in [3.05, 3.63) is 18.2 Å². The first kappa shape index (κ1) is 13.6. The highest BCUT2D eigenvalue weighted by molar-refractivity contribution is 5.79. The maximum absolute atomic E-state index is 12.1. The van der Waals surface area contributed by atoms with Crippen LogP contribution in [0.4, 0.5) is 0 Å². The van der Waals surface area contributed by atoms with E-state index in [2.05, 4.69) is 15.3 Å². The second-order valence-corrected chi connectivity index (χ2v) is 5.09. The van der Waals surface area contributed by atoms with Gasteiger partial charge < -0.3 is 15.4 Å². The lowest BCUT2D eigenvalue weighted by Gasteiger charge is -2.26. The van der Waals surface area contributed by atoms with Crippen LogP contribution in [0.15, 0.2) is 12.4 Å². The summed E-state index contributed by atoms with van der Waals surface area (Å²) in [6.07, 6.45) is 5.83. The highest BCUT2D eigenvalue weighted by Gasteiger charge is 2.30. The van der Waals surface area contributed by atoms with E-state index >= 15 is 0 Å². The molecule has 6 heteroatoms. The van der Waals surface area contributed by atoms with Crippen molar-refractivity contribution in [3.63, 3.8) is 0 Å². The molecule has 1 saturated carbocycles. The number of carboxylic acid groups (broad SMARTS) is 1. The van der Waals surface area contributed by atoms with E-state index < -0.39 is 5.97 Å². The quantitative estimate of drug-likeness (QED) is 0.768. The van der Waals surface area contributed by atoms with E-state index in [1.165, 1.54) is 0 Å². The van der Waals surface area contributed by atoms with Gasteiger partial charge in [0, 0.05) is 18.3 Å². The SMILES string of the molecule is CC(NC(=O)C1CCC(C(=O)O)CC1)c1ncc[nH]1. The van der Waals surface area contributed by atoms with Crippen LogP contribution in [0.3, 0.4) is 0 Å². The molecular formula is C13H19N3O3. The lowest BCUT2D eigenvalue weighted by atomic mass is 9.81. The van der Waals surface area contributed by atoms with Gasteiger partial charge in [-0.05, 0) is 32.6 Å². The van der Waals surface area contributed by atoms with Gasteiger partial charge in [0.15, 0.2) is 0 Å². The van der Waals surface area contributed by atoms with Gasteiger partial charge in [0.05, 0.1) is 12.0 Å². The number of imidazole rings is 1. The predicted molar refractivity (Wildman–Crippen MR) is 68.2 cm³/mol. The van der Waals surface area contributed by atoms with Crippen LogP contribution in [0.5, 0.6) is 0 Å². The third-order valence-electron chi connectivity index (χ3n) is 3.74. The van der Waals surface area contributed by atoms with Crippen LogP contribution < -0.4 is 5.32 Å². The molecule has 3 N–H and O–H groups in total. The van der Waals surface area contributed by atoms with Gasteiger partial charge in [-0.2, -0.15) is 0 Å². The minimum Gasteiger partial charge on any atom is -0.481 e. The Morgan fingerprint density at radius 3 is 2.53 bits per heavy atom. The zero-order chi connectivity index (χ0) is 13.8. The maximum Gasteiger partial charge on any atom is 0.306 e. The molecule has 1 heterocycles. The number of aromatic amines is 1. The van der Waals surface area contributed by atoms with E-state index in [1.54, 1.807) is 12.4 Å². The van der Waals surface area contributed by atoms with Crippen molar-refractivity contribution in [2.24, 2.45) is 11.8 Å².